The van der Waals surface area contributed by atoms with Gasteiger partial charge in [-0.3, -0.25) is 9.36 Å². The van der Waals surface area contributed by atoms with Crippen molar-refractivity contribution in [3.63, 3.8) is 0 Å². The van der Waals surface area contributed by atoms with E-state index < -0.39 is 12.0 Å². The van der Waals surface area contributed by atoms with E-state index in [1.807, 2.05) is 25.1 Å². The van der Waals surface area contributed by atoms with Gasteiger partial charge in [-0.2, -0.15) is 0 Å². The van der Waals surface area contributed by atoms with Crippen LogP contribution in [0.4, 0.5) is 0 Å². The summed E-state index contributed by atoms with van der Waals surface area (Å²) in [7, 11) is 1.56. The number of carbonyl (C=O) groups is 1. The summed E-state index contributed by atoms with van der Waals surface area (Å²) in [6.45, 7) is 6.89. The van der Waals surface area contributed by atoms with Gasteiger partial charge in [0, 0.05) is 39.8 Å². The van der Waals surface area contributed by atoms with E-state index in [-0.39, 0.29) is 12.2 Å². The molecule has 5 rings (SSSR count). The Balaban J connectivity index is 1.82. The lowest BCUT2D eigenvalue weighted by Gasteiger charge is -2.27. The van der Waals surface area contributed by atoms with Crippen molar-refractivity contribution >= 4 is 45.9 Å². The SMILES string of the molecule is CCCC1=C(C(=O)OCC)[C@@H](c2cc(Cl)ccc2OC)n2c(s/c(=C/c3cn(CC)c4ccccc34)c2=O)=N1. The predicted octanol–water partition coefficient (Wildman–Crippen LogP) is 5.22. The predicted molar refractivity (Wildman–Crippen MR) is 155 cm³/mol. The van der Waals surface area contributed by atoms with Crippen molar-refractivity contribution < 1.29 is 14.3 Å². The number of ether oxygens (including phenoxy) is 2. The highest BCUT2D eigenvalue weighted by Gasteiger charge is 2.36. The first-order valence-electron chi connectivity index (χ1n) is 13.0. The number of hydrogen-bond donors (Lipinski definition) is 0. The van der Waals surface area contributed by atoms with Crippen LogP contribution in [0.25, 0.3) is 17.0 Å². The molecule has 1 atom stereocenters. The van der Waals surface area contributed by atoms with Crippen molar-refractivity contribution in [3.05, 3.63) is 95.8 Å². The standard InChI is InChI=1S/C30H30ClN3O4S/c1-5-10-22-26(29(36)38-7-3)27(21-16-19(31)13-14-24(21)37-4)34-28(35)25(39-30(34)32-22)15-18-17-33(6-2)23-12-9-8-11-20(18)23/h8-9,11-17,27H,5-7,10H2,1-4H3/b25-15+/t27-/m1/s1. The molecule has 1 aliphatic heterocycles. The van der Waals surface area contributed by atoms with Gasteiger partial charge in [0.25, 0.3) is 5.56 Å². The number of esters is 1. The summed E-state index contributed by atoms with van der Waals surface area (Å²) < 4.78 is 15.4. The number of thiazole rings is 1. The van der Waals surface area contributed by atoms with Gasteiger partial charge < -0.3 is 14.0 Å². The number of nitrogens with zero attached hydrogens (tertiary/aromatic N) is 3. The summed E-state index contributed by atoms with van der Waals surface area (Å²) in [4.78, 5) is 32.9. The molecule has 0 amide bonds. The molecule has 2 aromatic heterocycles. The van der Waals surface area contributed by atoms with Crippen LogP contribution in [0.1, 0.15) is 50.8 Å². The van der Waals surface area contributed by atoms with E-state index in [4.69, 9.17) is 26.1 Å². The Morgan fingerprint density at radius 3 is 2.69 bits per heavy atom. The molecule has 3 heterocycles. The van der Waals surface area contributed by atoms with Crippen LogP contribution in [-0.2, 0) is 16.1 Å². The molecule has 9 heteroatoms. The van der Waals surface area contributed by atoms with Gasteiger partial charge in [-0.25, -0.2) is 9.79 Å². The third-order valence-electron chi connectivity index (χ3n) is 6.83. The maximum Gasteiger partial charge on any atom is 0.338 e. The summed E-state index contributed by atoms with van der Waals surface area (Å²) in [6, 6.07) is 12.5. The van der Waals surface area contributed by atoms with Gasteiger partial charge >= 0.3 is 5.97 Å². The smallest absolute Gasteiger partial charge is 0.338 e. The highest BCUT2D eigenvalue weighted by Crippen LogP contribution is 2.38. The highest BCUT2D eigenvalue weighted by molar-refractivity contribution is 7.07. The number of aryl methyl sites for hydroxylation is 1. The number of para-hydroxylation sites is 1. The summed E-state index contributed by atoms with van der Waals surface area (Å²) in [5.74, 6) is 0.0153. The van der Waals surface area contributed by atoms with Crippen LogP contribution in [0.15, 0.2) is 69.7 Å². The molecular weight excluding hydrogens is 534 g/mol. The Hall–Kier alpha value is -3.62. The van der Waals surface area contributed by atoms with Crippen molar-refractivity contribution in [1.29, 1.82) is 0 Å². The maximum absolute atomic E-state index is 14.1. The maximum atomic E-state index is 14.1. The van der Waals surface area contributed by atoms with Gasteiger partial charge in [-0.05, 0) is 50.6 Å². The van der Waals surface area contributed by atoms with Crippen molar-refractivity contribution in [2.45, 2.75) is 46.2 Å². The second-order valence-electron chi connectivity index (χ2n) is 9.19. The molecule has 0 radical (unpaired) electrons. The topological polar surface area (TPSA) is 74.8 Å². The lowest BCUT2D eigenvalue weighted by atomic mass is 9.93. The number of carbonyl (C=O) groups excluding carboxylic acids is 1. The average molecular weight is 564 g/mol. The molecule has 202 valence electrons. The van der Waals surface area contributed by atoms with Crippen molar-refractivity contribution in [3.8, 4) is 5.75 Å². The lowest BCUT2D eigenvalue weighted by Crippen LogP contribution is -2.40. The second kappa shape index (κ2) is 11.2. The third-order valence-corrected chi connectivity index (χ3v) is 8.04. The Bertz CT molecular complexity index is 1780. The van der Waals surface area contributed by atoms with Gasteiger partial charge in [0.05, 0.1) is 29.5 Å². The van der Waals surface area contributed by atoms with Gasteiger partial charge in [0.15, 0.2) is 4.80 Å². The van der Waals surface area contributed by atoms with Crippen LogP contribution < -0.4 is 19.6 Å². The Morgan fingerprint density at radius 1 is 1.18 bits per heavy atom. The number of benzene rings is 2. The molecule has 2 aromatic carbocycles. The molecule has 0 bridgehead atoms. The van der Waals surface area contributed by atoms with Crippen molar-refractivity contribution in [2.75, 3.05) is 13.7 Å². The number of halogens is 1. The fraction of sp³-hybridized carbons (Fsp3) is 0.300. The molecule has 0 saturated carbocycles. The molecule has 0 unspecified atom stereocenters. The van der Waals surface area contributed by atoms with Crippen LogP contribution in [0.2, 0.25) is 5.02 Å². The summed E-state index contributed by atoms with van der Waals surface area (Å²) in [5, 5.41) is 1.54. The monoisotopic (exact) mass is 563 g/mol. The zero-order chi connectivity index (χ0) is 27.7. The summed E-state index contributed by atoms with van der Waals surface area (Å²) in [5.41, 5.74) is 3.37. The Kier molecular flexibility index (Phi) is 7.77. The van der Waals surface area contributed by atoms with Gasteiger partial charge in [0.2, 0.25) is 0 Å². The first kappa shape index (κ1) is 27.0. The van der Waals surface area contributed by atoms with Crippen LogP contribution in [0, 0.1) is 0 Å². The van der Waals surface area contributed by atoms with Gasteiger partial charge in [-0.1, -0.05) is 54.5 Å². The van der Waals surface area contributed by atoms with E-state index in [2.05, 4.69) is 29.8 Å². The molecule has 1 aliphatic rings. The van der Waals surface area contributed by atoms with Crippen LogP contribution in [0.5, 0.6) is 5.75 Å². The number of methoxy groups -OCH3 is 1. The summed E-state index contributed by atoms with van der Waals surface area (Å²) in [6.07, 6.45) is 5.31. The van der Waals surface area contributed by atoms with Gasteiger partial charge in [0.1, 0.15) is 11.8 Å². The highest BCUT2D eigenvalue weighted by atomic mass is 35.5. The van der Waals surface area contributed by atoms with E-state index in [9.17, 15) is 9.59 Å². The first-order chi connectivity index (χ1) is 18.9. The van der Waals surface area contributed by atoms with E-state index in [0.29, 0.717) is 43.4 Å². The van der Waals surface area contributed by atoms with Crippen molar-refractivity contribution in [2.24, 2.45) is 4.99 Å². The quantitative estimate of drug-likeness (QED) is 0.276. The Morgan fingerprint density at radius 2 is 1.97 bits per heavy atom. The fourth-order valence-corrected chi connectivity index (χ4v) is 6.32. The zero-order valence-electron chi connectivity index (χ0n) is 22.4. The number of hydrogen-bond acceptors (Lipinski definition) is 6. The minimum atomic E-state index is -0.797. The summed E-state index contributed by atoms with van der Waals surface area (Å²) >= 11 is 7.74. The first-order valence-corrected chi connectivity index (χ1v) is 14.2. The molecular formula is C30H30ClN3O4S. The van der Waals surface area contributed by atoms with E-state index in [1.165, 1.54) is 11.3 Å². The molecule has 4 aromatic rings. The van der Waals surface area contributed by atoms with Crippen LogP contribution in [0.3, 0.4) is 0 Å². The van der Waals surface area contributed by atoms with Crippen molar-refractivity contribution in [1.82, 2.24) is 9.13 Å². The zero-order valence-corrected chi connectivity index (χ0v) is 23.9. The number of fused-ring (bicyclic) bond motifs is 2. The largest absolute Gasteiger partial charge is 0.496 e. The van der Waals surface area contributed by atoms with E-state index in [1.54, 1.807) is 36.8 Å². The van der Waals surface area contributed by atoms with Gasteiger partial charge in [-0.15, -0.1) is 0 Å². The lowest BCUT2D eigenvalue weighted by molar-refractivity contribution is -0.139. The molecule has 39 heavy (non-hydrogen) atoms. The van der Waals surface area contributed by atoms with E-state index in [0.717, 1.165) is 29.4 Å². The normalized spacial score (nSPS) is 15.4. The number of aromatic nitrogens is 2. The minimum Gasteiger partial charge on any atom is -0.496 e. The minimum absolute atomic E-state index is 0.201. The molecule has 0 saturated heterocycles. The molecule has 7 nitrogen and oxygen atoms in total. The molecule has 0 N–H and O–H groups in total. The molecule has 0 aliphatic carbocycles. The fourth-order valence-electron chi connectivity index (χ4n) is 5.13. The Labute approximate surface area is 235 Å². The van der Waals surface area contributed by atoms with Crippen LogP contribution in [-0.4, -0.2) is 28.8 Å². The number of allylic oxidation sites excluding steroid dienone is 1. The third kappa shape index (κ3) is 4.83. The van der Waals surface area contributed by atoms with Crippen LogP contribution >= 0.6 is 22.9 Å². The number of rotatable bonds is 8. The second-order valence-corrected chi connectivity index (χ2v) is 10.6. The van der Waals surface area contributed by atoms with E-state index >= 15 is 0 Å². The molecule has 0 spiro atoms. The molecule has 0 fully saturated rings. The average Bonchev–Trinajstić information content (AvgIpc) is 3.45.